The van der Waals surface area contributed by atoms with Gasteiger partial charge in [-0.25, -0.2) is 4.68 Å². The maximum absolute atomic E-state index is 13.8. The first-order valence-corrected chi connectivity index (χ1v) is 10.9. The molecule has 1 aromatic heterocycles. The quantitative estimate of drug-likeness (QED) is 0.657. The van der Waals surface area contributed by atoms with Crippen LogP contribution in [0, 0.1) is 0 Å². The highest BCUT2D eigenvalue weighted by atomic mass is 79.9. The predicted octanol–water partition coefficient (Wildman–Crippen LogP) is 3.37. The summed E-state index contributed by atoms with van der Waals surface area (Å²) in [4.78, 5) is 14.7. The zero-order valence-electron chi connectivity index (χ0n) is 16.7. The lowest BCUT2D eigenvalue weighted by molar-refractivity contribution is -0.173. The Morgan fingerprint density at radius 3 is 2.65 bits per heavy atom. The number of benzene rings is 1. The van der Waals surface area contributed by atoms with Crippen LogP contribution in [0.1, 0.15) is 34.6 Å². The molecule has 2 atom stereocenters. The molecule has 0 aliphatic carbocycles. The second-order valence-corrected chi connectivity index (χ2v) is 8.53. The SMILES string of the molecule is O=C(NCCN1CCOCC1)c1cc2n(n1)[C@H](C(F)(F)F)C[C@@H](c1ccc(Br)cc1)N2. The Morgan fingerprint density at radius 1 is 1.26 bits per heavy atom. The third-order valence-corrected chi connectivity index (χ3v) is 6.04. The first-order valence-electron chi connectivity index (χ1n) is 10.1. The Morgan fingerprint density at radius 2 is 1.97 bits per heavy atom. The number of fused-ring (bicyclic) bond motifs is 1. The number of carbonyl (C=O) groups excluding carboxylic acids is 1. The van der Waals surface area contributed by atoms with Crippen LogP contribution in [0.2, 0.25) is 0 Å². The Labute approximate surface area is 186 Å². The second-order valence-electron chi connectivity index (χ2n) is 7.61. The zero-order valence-corrected chi connectivity index (χ0v) is 18.2. The molecule has 168 valence electrons. The van der Waals surface area contributed by atoms with Gasteiger partial charge < -0.3 is 15.4 Å². The minimum atomic E-state index is -4.49. The van der Waals surface area contributed by atoms with Crippen LogP contribution in [0.3, 0.4) is 0 Å². The molecule has 1 amide bonds. The second kappa shape index (κ2) is 9.17. The minimum absolute atomic E-state index is 0.0322. The molecule has 0 unspecified atom stereocenters. The predicted molar refractivity (Wildman–Crippen MR) is 112 cm³/mol. The standard InChI is InChI=1S/C20H23BrF3N5O2/c21-14-3-1-13(2-4-14)15-11-17(20(22,23)24)29-18(26-15)12-16(27-29)19(30)25-5-6-28-7-9-31-10-8-28/h1-4,12,15,17,26H,5-11H2,(H,25,30)/t15-,17-/m0/s1. The average Bonchev–Trinajstić information content (AvgIpc) is 3.18. The summed E-state index contributed by atoms with van der Waals surface area (Å²) in [6.45, 7) is 3.94. The van der Waals surface area contributed by atoms with Crippen LogP contribution < -0.4 is 10.6 Å². The van der Waals surface area contributed by atoms with E-state index in [1.54, 1.807) is 24.3 Å². The molecule has 2 N–H and O–H groups in total. The van der Waals surface area contributed by atoms with E-state index < -0.39 is 24.2 Å². The van der Waals surface area contributed by atoms with Crippen molar-refractivity contribution in [3.8, 4) is 0 Å². The summed E-state index contributed by atoms with van der Waals surface area (Å²) < 4.78 is 48.4. The molecule has 1 saturated heterocycles. The number of halogens is 4. The number of ether oxygens (including phenoxy) is 1. The number of alkyl halides is 3. The van der Waals surface area contributed by atoms with Gasteiger partial charge in [0.25, 0.3) is 5.91 Å². The van der Waals surface area contributed by atoms with Crippen LogP contribution >= 0.6 is 15.9 Å². The third-order valence-electron chi connectivity index (χ3n) is 5.51. The maximum Gasteiger partial charge on any atom is 0.410 e. The summed E-state index contributed by atoms with van der Waals surface area (Å²) in [6.07, 6.45) is -4.70. The smallest absolute Gasteiger partial charge is 0.379 e. The molecular weight excluding hydrogens is 479 g/mol. The van der Waals surface area contributed by atoms with Gasteiger partial charge in [-0.3, -0.25) is 9.69 Å². The van der Waals surface area contributed by atoms with Crippen molar-refractivity contribution in [1.29, 1.82) is 0 Å². The normalized spacial score (nSPS) is 21.9. The summed E-state index contributed by atoms with van der Waals surface area (Å²) in [5.41, 5.74) is 0.705. The topological polar surface area (TPSA) is 71.4 Å². The summed E-state index contributed by atoms with van der Waals surface area (Å²) in [5, 5.41) is 9.83. The molecule has 7 nitrogen and oxygen atoms in total. The fraction of sp³-hybridized carbons (Fsp3) is 0.500. The number of rotatable bonds is 5. The van der Waals surface area contributed by atoms with Crippen molar-refractivity contribution < 1.29 is 22.7 Å². The van der Waals surface area contributed by atoms with Crippen molar-refractivity contribution in [2.24, 2.45) is 0 Å². The lowest BCUT2D eigenvalue weighted by atomic mass is 9.97. The molecular formula is C20H23BrF3N5O2. The number of carbonyl (C=O) groups is 1. The maximum atomic E-state index is 13.8. The van der Waals surface area contributed by atoms with Crippen LogP contribution in [0.25, 0.3) is 0 Å². The van der Waals surface area contributed by atoms with Crippen molar-refractivity contribution in [3.05, 3.63) is 46.1 Å². The molecule has 1 fully saturated rings. The molecule has 2 aliphatic rings. The van der Waals surface area contributed by atoms with E-state index in [4.69, 9.17) is 4.74 Å². The molecule has 0 saturated carbocycles. The van der Waals surface area contributed by atoms with E-state index in [-0.39, 0.29) is 17.9 Å². The van der Waals surface area contributed by atoms with Crippen LogP contribution in [0.4, 0.5) is 19.0 Å². The van der Waals surface area contributed by atoms with Gasteiger partial charge in [0.05, 0.1) is 19.3 Å². The lowest BCUT2D eigenvalue weighted by Gasteiger charge is -2.33. The molecule has 2 aliphatic heterocycles. The molecule has 0 radical (unpaired) electrons. The van der Waals surface area contributed by atoms with Gasteiger partial charge in [-0.2, -0.15) is 18.3 Å². The number of amides is 1. The van der Waals surface area contributed by atoms with Gasteiger partial charge in [0.1, 0.15) is 5.82 Å². The van der Waals surface area contributed by atoms with Gasteiger partial charge in [-0.15, -0.1) is 0 Å². The van der Waals surface area contributed by atoms with Gasteiger partial charge in [0.15, 0.2) is 11.7 Å². The van der Waals surface area contributed by atoms with Crippen LogP contribution in [-0.2, 0) is 4.74 Å². The van der Waals surface area contributed by atoms with E-state index in [2.05, 4.69) is 36.6 Å². The summed E-state index contributed by atoms with van der Waals surface area (Å²) in [7, 11) is 0. The molecule has 4 rings (SSSR count). The fourth-order valence-electron chi connectivity index (χ4n) is 3.84. The van der Waals surface area contributed by atoms with Crippen LogP contribution in [0.5, 0.6) is 0 Å². The molecule has 11 heteroatoms. The molecule has 0 spiro atoms. The highest BCUT2D eigenvalue weighted by Gasteiger charge is 2.46. The van der Waals surface area contributed by atoms with Crippen LogP contribution in [-0.4, -0.2) is 66.2 Å². The Hall–Kier alpha value is -2.11. The van der Waals surface area contributed by atoms with E-state index in [1.807, 2.05) is 0 Å². The van der Waals surface area contributed by atoms with E-state index in [0.717, 1.165) is 27.8 Å². The molecule has 1 aromatic carbocycles. The molecule has 31 heavy (non-hydrogen) atoms. The monoisotopic (exact) mass is 501 g/mol. The first-order chi connectivity index (χ1) is 14.8. The number of aromatic nitrogens is 2. The fourth-order valence-corrected chi connectivity index (χ4v) is 4.11. The van der Waals surface area contributed by atoms with E-state index in [0.29, 0.717) is 26.3 Å². The van der Waals surface area contributed by atoms with Gasteiger partial charge in [0, 0.05) is 43.1 Å². The number of nitrogens with zero attached hydrogens (tertiary/aromatic N) is 3. The van der Waals surface area contributed by atoms with Crippen molar-refractivity contribution in [2.45, 2.75) is 24.7 Å². The highest BCUT2D eigenvalue weighted by Crippen LogP contribution is 2.43. The third kappa shape index (κ3) is 5.21. The van der Waals surface area contributed by atoms with E-state index in [1.165, 1.54) is 6.07 Å². The van der Waals surface area contributed by atoms with Gasteiger partial charge in [-0.05, 0) is 17.7 Å². The van der Waals surface area contributed by atoms with Gasteiger partial charge >= 0.3 is 6.18 Å². The average molecular weight is 502 g/mol. The number of morpholine rings is 1. The Balaban J connectivity index is 1.48. The highest BCUT2D eigenvalue weighted by molar-refractivity contribution is 9.10. The lowest BCUT2D eigenvalue weighted by Crippen LogP contribution is -2.41. The van der Waals surface area contributed by atoms with Crippen molar-refractivity contribution in [2.75, 3.05) is 44.7 Å². The van der Waals surface area contributed by atoms with E-state index >= 15 is 0 Å². The Bertz CT molecular complexity index is 913. The van der Waals surface area contributed by atoms with Crippen LogP contribution in [0.15, 0.2) is 34.8 Å². The Kier molecular flexibility index (Phi) is 6.54. The van der Waals surface area contributed by atoms with Gasteiger partial charge in [0.2, 0.25) is 0 Å². The molecule has 3 heterocycles. The number of hydrogen-bond acceptors (Lipinski definition) is 5. The number of anilines is 1. The van der Waals surface area contributed by atoms with Gasteiger partial charge in [-0.1, -0.05) is 28.1 Å². The molecule has 2 aromatic rings. The van der Waals surface area contributed by atoms with Crippen molar-refractivity contribution in [3.63, 3.8) is 0 Å². The number of nitrogens with one attached hydrogen (secondary N) is 2. The molecule has 0 bridgehead atoms. The van der Waals surface area contributed by atoms with E-state index in [9.17, 15) is 18.0 Å². The first kappa shape index (κ1) is 22.1. The summed E-state index contributed by atoms with van der Waals surface area (Å²) in [6, 6.07) is 6.17. The van der Waals surface area contributed by atoms with Crippen molar-refractivity contribution >= 4 is 27.7 Å². The zero-order chi connectivity index (χ0) is 22.0. The summed E-state index contributed by atoms with van der Waals surface area (Å²) >= 11 is 3.34. The van der Waals surface area contributed by atoms with Crippen molar-refractivity contribution in [1.82, 2.24) is 20.0 Å². The summed E-state index contributed by atoms with van der Waals surface area (Å²) in [5.74, 6) is -0.308. The minimum Gasteiger partial charge on any atom is -0.379 e. The largest absolute Gasteiger partial charge is 0.410 e. The number of hydrogen-bond donors (Lipinski definition) is 2.